The van der Waals surface area contributed by atoms with Gasteiger partial charge in [-0.3, -0.25) is 4.79 Å². The largest absolute Gasteiger partial charge is 0.391 e. The van der Waals surface area contributed by atoms with E-state index >= 15 is 0 Å². The van der Waals surface area contributed by atoms with Gasteiger partial charge in [0, 0.05) is 41.0 Å². The van der Waals surface area contributed by atoms with Crippen molar-refractivity contribution in [3.8, 4) is 10.8 Å². The monoisotopic (exact) mass is 274 g/mol. The van der Waals surface area contributed by atoms with E-state index in [1.165, 1.54) is 0 Å². The first-order chi connectivity index (χ1) is 7.04. The SMILES string of the molecule is CN(C)CC1CC(O)CN1C(=O)C#CBr. The molecule has 0 saturated carbocycles. The number of hydrogen-bond donors (Lipinski definition) is 1. The first-order valence-electron chi connectivity index (χ1n) is 4.79. The third-order valence-electron chi connectivity index (χ3n) is 2.38. The quantitative estimate of drug-likeness (QED) is 0.714. The second-order valence-corrected chi connectivity index (χ2v) is 4.38. The number of carbonyl (C=O) groups excluding carboxylic acids is 1. The fourth-order valence-corrected chi connectivity index (χ4v) is 2.02. The van der Waals surface area contributed by atoms with Gasteiger partial charge in [0.2, 0.25) is 0 Å². The van der Waals surface area contributed by atoms with E-state index in [-0.39, 0.29) is 11.9 Å². The molecule has 0 aromatic heterocycles. The molecule has 5 heteroatoms. The lowest BCUT2D eigenvalue weighted by Crippen LogP contribution is -2.40. The van der Waals surface area contributed by atoms with Gasteiger partial charge in [-0.2, -0.15) is 0 Å². The maximum Gasteiger partial charge on any atom is 0.299 e. The summed E-state index contributed by atoms with van der Waals surface area (Å²) in [5.74, 6) is 2.21. The Morgan fingerprint density at radius 2 is 2.33 bits per heavy atom. The van der Waals surface area contributed by atoms with E-state index in [0.29, 0.717) is 13.0 Å². The van der Waals surface area contributed by atoms with Gasteiger partial charge in [-0.25, -0.2) is 0 Å². The number of aliphatic hydroxyl groups is 1. The van der Waals surface area contributed by atoms with Crippen LogP contribution in [0, 0.1) is 10.8 Å². The average molecular weight is 275 g/mol. The lowest BCUT2D eigenvalue weighted by Gasteiger charge is -2.24. The molecule has 1 rings (SSSR count). The molecule has 1 fully saturated rings. The van der Waals surface area contributed by atoms with Crippen LogP contribution < -0.4 is 0 Å². The molecule has 2 unspecified atom stereocenters. The smallest absolute Gasteiger partial charge is 0.299 e. The second-order valence-electron chi connectivity index (χ2n) is 3.98. The molecule has 0 radical (unpaired) electrons. The van der Waals surface area contributed by atoms with E-state index in [1.807, 2.05) is 19.0 Å². The molecule has 15 heavy (non-hydrogen) atoms. The maximum absolute atomic E-state index is 11.6. The zero-order chi connectivity index (χ0) is 11.4. The molecular weight excluding hydrogens is 260 g/mol. The molecule has 1 aliphatic rings. The van der Waals surface area contributed by atoms with E-state index in [1.54, 1.807) is 4.90 Å². The van der Waals surface area contributed by atoms with Gasteiger partial charge in [0.1, 0.15) is 0 Å². The molecule has 4 nitrogen and oxygen atoms in total. The number of rotatable bonds is 2. The minimum absolute atomic E-state index is 0.0656. The Morgan fingerprint density at radius 3 is 2.87 bits per heavy atom. The van der Waals surface area contributed by atoms with Crippen LogP contribution in [0.4, 0.5) is 0 Å². The molecule has 0 bridgehead atoms. The van der Waals surface area contributed by atoms with Crippen molar-refractivity contribution in [3.05, 3.63) is 0 Å². The van der Waals surface area contributed by atoms with E-state index < -0.39 is 6.10 Å². The number of likely N-dealkylation sites (tertiary alicyclic amines) is 1. The van der Waals surface area contributed by atoms with Crippen molar-refractivity contribution >= 4 is 21.8 Å². The van der Waals surface area contributed by atoms with Crippen LogP contribution in [0.3, 0.4) is 0 Å². The molecule has 84 valence electrons. The normalized spacial score (nSPS) is 25.3. The van der Waals surface area contributed by atoms with E-state index in [4.69, 9.17) is 0 Å². The number of nitrogens with zero attached hydrogens (tertiary/aromatic N) is 2. The van der Waals surface area contributed by atoms with E-state index in [2.05, 4.69) is 26.7 Å². The van der Waals surface area contributed by atoms with Gasteiger partial charge in [0.15, 0.2) is 0 Å². The Hall–Kier alpha value is -0.570. The number of hydrogen-bond acceptors (Lipinski definition) is 3. The van der Waals surface area contributed by atoms with Crippen LogP contribution in [0.2, 0.25) is 0 Å². The highest BCUT2D eigenvalue weighted by Gasteiger charge is 2.33. The topological polar surface area (TPSA) is 43.8 Å². The molecule has 1 saturated heterocycles. The Bertz CT molecular complexity index is 296. The van der Waals surface area contributed by atoms with Crippen molar-refractivity contribution in [2.24, 2.45) is 0 Å². The van der Waals surface area contributed by atoms with Gasteiger partial charge in [0.05, 0.1) is 6.10 Å². The number of aliphatic hydroxyl groups excluding tert-OH is 1. The van der Waals surface area contributed by atoms with Crippen LogP contribution in [-0.4, -0.2) is 60.1 Å². The van der Waals surface area contributed by atoms with Crippen molar-refractivity contribution < 1.29 is 9.90 Å². The minimum Gasteiger partial charge on any atom is -0.391 e. The molecule has 1 amide bonds. The van der Waals surface area contributed by atoms with Gasteiger partial charge < -0.3 is 14.9 Å². The molecule has 0 aromatic carbocycles. The first kappa shape index (κ1) is 12.5. The lowest BCUT2D eigenvalue weighted by atomic mass is 10.2. The number of halogens is 1. The predicted molar refractivity (Wildman–Crippen MR) is 61.4 cm³/mol. The zero-order valence-electron chi connectivity index (χ0n) is 8.90. The first-order valence-corrected chi connectivity index (χ1v) is 5.59. The highest BCUT2D eigenvalue weighted by atomic mass is 79.9. The summed E-state index contributed by atoms with van der Waals surface area (Å²) in [4.78, 5) is 17.6. The maximum atomic E-state index is 11.6. The molecule has 1 aliphatic heterocycles. The molecule has 1 N–H and O–H groups in total. The Labute approximate surface area is 98.4 Å². The zero-order valence-corrected chi connectivity index (χ0v) is 10.5. The van der Waals surface area contributed by atoms with Crippen molar-refractivity contribution in [3.63, 3.8) is 0 Å². The summed E-state index contributed by atoms with van der Waals surface area (Å²) in [6.45, 7) is 1.14. The number of likely N-dealkylation sites (N-methyl/N-ethyl adjacent to an activating group) is 1. The summed E-state index contributed by atoms with van der Waals surface area (Å²) in [6.07, 6.45) is 0.212. The van der Waals surface area contributed by atoms with E-state index in [9.17, 15) is 9.90 Å². The summed E-state index contributed by atoms with van der Waals surface area (Å²) in [5, 5.41) is 9.53. The van der Waals surface area contributed by atoms with Gasteiger partial charge in [-0.1, -0.05) is 0 Å². The van der Waals surface area contributed by atoms with Gasteiger partial charge in [-0.15, -0.1) is 0 Å². The summed E-state index contributed by atoms with van der Waals surface area (Å²) < 4.78 is 0. The molecule has 0 spiro atoms. The van der Waals surface area contributed by atoms with Gasteiger partial charge >= 0.3 is 0 Å². The highest BCUT2D eigenvalue weighted by molar-refractivity contribution is 9.12. The summed E-state index contributed by atoms with van der Waals surface area (Å²) in [7, 11) is 3.90. The minimum atomic E-state index is -0.420. The van der Waals surface area contributed by atoms with Gasteiger partial charge in [0.25, 0.3) is 5.91 Å². The van der Waals surface area contributed by atoms with Crippen molar-refractivity contribution in [1.29, 1.82) is 0 Å². The number of amides is 1. The summed E-state index contributed by atoms with van der Waals surface area (Å²) >= 11 is 2.90. The molecule has 0 aliphatic carbocycles. The second kappa shape index (κ2) is 5.50. The molecule has 2 atom stereocenters. The third-order valence-corrected chi connectivity index (χ3v) is 2.58. The predicted octanol–water partition coefficient (Wildman–Crippen LogP) is -0.134. The Balaban J connectivity index is 2.66. The number of β-amino-alcohol motifs (C(OH)–C–C–N with tert-alkyl or cyclic N) is 1. The lowest BCUT2D eigenvalue weighted by molar-refractivity contribution is -0.126. The van der Waals surface area contributed by atoms with E-state index in [0.717, 1.165) is 6.54 Å². The Morgan fingerprint density at radius 1 is 1.67 bits per heavy atom. The van der Waals surface area contributed by atoms with Crippen LogP contribution in [0.25, 0.3) is 0 Å². The molecule has 0 aromatic rings. The highest BCUT2D eigenvalue weighted by Crippen LogP contribution is 2.18. The van der Waals surface area contributed by atoms with Crippen molar-refractivity contribution in [2.45, 2.75) is 18.6 Å². The van der Waals surface area contributed by atoms with Crippen LogP contribution >= 0.6 is 15.9 Å². The van der Waals surface area contributed by atoms with Crippen molar-refractivity contribution in [1.82, 2.24) is 9.80 Å². The van der Waals surface area contributed by atoms with Crippen molar-refractivity contribution in [2.75, 3.05) is 27.2 Å². The molecular formula is C10H15BrN2O2. The summed E-state index contributed by atoms with van der Waals surface area (Å²) in [5.41, 5.74) is 0. The van der Waals surface area contributed by atoms with Gasteiger partial charge in [-0.05, 0) is 25.3 Å². The van der Waals surface area contributed by atoms with Crippen LogP contribution in [0.1, 0.15) is 6.42 Å². The Kier molecular flexibility index (Phi) is 4.58. The fraction of sp³-hybridized carbons (Fsp3) is 0.700. The van der Waals surface area contributed by atoms with Crippen LogP contribution in [-0.2, 0) is 4.79 Å². The number of carbonyl (C=O) groups is 1. The van der Waals surface area contributed by atoms with Crippen LogP contribution in [0.5, 0.6) is 0 Å². The fourth-order valence-electron chi connectivity index (χ4n) is 1.85. The standard InChI is InChI=1S/C10H15BrN2O2/c1-12(2)6-8-5-9(14)7-13(8)10(15)3-4-11/h8-9,14H,5-7H2,1-2H3. The van der Waals surface area contributed by atoms with Crippen LogP contribution in [0.15, 0.2) is 0 Å². The third kappa shape index (κ3) is 3.49. The summed E-state index contributed by atoms with van der Waals surface area (Å²) in [6, 6.07) is 0.0656. The average Bonchev–Trinajstić information content (AvgIpc) is 2.46. The molecule has 1 heterocycles.